The van der Waals surface area contributed by atoms with Gasteiger partial charge in [0.2, 0.25) is 0 Å². The van der Waals surface area contributed by atoms with E-state index in [0.29, 0.717) is 16.7 Å². The van der Waals surface area contributed by atoms with Crippen LogP contribution in [0.5, 0.6) is 0 Å². The lowest BCUT2D eigenvalue weighted by Gasteiger charge is -2.03. The summed E-state index contributed by atoms with van der Waals surface area (Å²) in [6.07, 6.45) is 1.45. The van der Waals surface area contributed by atoms with Crippen LogP contribution in [0.3, 0.4) is 0 Å². The van der Waals surface area contributed by atoms with Crippen LogP contribution in [0.1, 0.15) is 0 Å². The highest BCUT2D eigenvalue weighted by Gasteiger charge is 2.12. The quantitative estimate of drug-likeness (QED) is 0.723. The van der Waals surface area contributed by atoms with Crippen molar-refractivity contribution >= 4 is 12.6 Å². The molecule has 0 aliphatic rings. The lowest BCUT2D eigenvalue weighted by molar-refractivity contribution is 0.425. The standard InChI is InChI=1S/C11H9BFNO2/c13-10-3-1-2-8(6-10)11-7-9(12(15)16)4-5-14-11/h1-7,15-16H. The molecule has 0 atom stereocenters. The van der Waals surface area contributed by atoms with Crippen molar-refractivity contribution in [3.05, 3.63) is 48.4 Å². The maximum Gasteiger partial charge on any atom is 0.488 e. The molecule has 0 amide bonds. The molecule has 80 valence electrons. The number of benzene rings is 1. The van der Waals surface area contributed by atoms with Gasteiger partial charge in [-0.05, 0) is 29.7 Å². The lowest BCUT2D eigenvalue weighted by Crippen LogP contribution is -2.29. The zero-order valence-corrected chi connectivity index (χ0v) is 8.34. The minimum Gasteiger partial charge on any atom is -0.423 e. The van der Waals surface area contributed by atoms with Crippen LogP contribution in [0.4, 0.5) is 4.39 Å². The maximum atomic E-state index is 13.0. The molecule has 0 saturated carbocycles. The number of aromatic nitrogens is 1. The van der Waals surface area contributed by atoms with Gasteiger partial charge in [0.15, 0.2) is 0 Å². The molecule has 1 heterocycles. The molecule has 0 fully saturated rings. The fourth-order valence-electron chi connectivity index (χ4n) is 1.41. The van der Waals surface area contributed by atoms with Gasteiger partial charge in [0.25, 0.3) is 0 Å². The monoisotopic (exact) mass is 217 g/mol. The Hall–Kier alpha value is -1.72. The van der Waals surface area contributed by atoms with Gasteiger partial charge in [-0.25, -0.2) is 4.39 Å². The Labute approximate surface area is 92.4 Å². The third kappa shape index (κ3) is 2.26. The van der Waals surface area contributed by atoms with Gasteiger partial charge >= 0.3 is 7.12 Å². The van der Waals surface area contributed by atoms with E-state index in [9.17, 15) is 4.39 Å². The summed E-state index contributed by atoms with van der Waals surface area (Å²) < 4.78 is 13.0. The van der Waals surface area contributed by atoms with Crippen LogP contribution in [0, 0.1) is 5.82 Å². The first-order chi connectivity index (χ1) is 7.66. The fraction of sp³-hybridized carbons (Fsp3) is 0. The Morgan fingerprint density at radius 3 is 2.62 bits per heavy atom. The Morgan fingerprint density at radius 2 is 1.94 bits per heavy atom. The highest BCUT2D eigenvalue weighted by molar-refractivity contribution is 6.58. The summed E-state index contributed by atoms with van der Waals surface area (Å²) in [5, 5.41) is 18.0. The van der Waals surface area contributed by atoms with E-state index >= 15 is 0 Å². The average molecular weight is 217 g/mol. The molecule has 1 aromatic carbocycles. The van der Waals surface area contributed by atoms with Crippen molar-refractivity contribution in [2.24, 2.45) is 0 Å². The molecule has 0 saturated heterocycles. The lowest BCUT2D eigenvalue weighted by atomic mass is 9.80. The number of pyridine rings is 1. The minimum atomic E-state index is -1.55. The zero-order valence-electron chi connectivity index (χ0n) is 8.34. The van der Waals surface area contributed by atoms with Crippen molar-refractivity contribution in [1.29, 1.82) is 0 Å². The molecule has 1 aromatic heterocycles. The summed E-state index contributed by atoms with van der Waals surface area (Å²) in [6, 6.07) is 8.98. The van der Waals surface area contributed by atoms with Crippen molar-refractivity contribution in [2.75, 3.05) is 0 Å². The van der Waals surface area contributed by atoms with E-state index in [1.54, 1.807) is 12.1 Å². The second kappa shape index (κ2) is 4.43. The van der Waals surface area contributed by atoms with Gasteiger partial charge in [0.1, 0.15) is 5.82 Å². The van der Waals surface area contributed by atoms with Gasteiger partial charge in [-0.3, -0.25) is 4.98 Å². The van der Waals surface area contributed by atoms with Crippen LogP contribution in [-0.2, 0) is 0 Å². The van der Waals surface area contributed by atoms with E-state index in [4.69, 9.17) is 10.0 Å². The fourth-order valence-corrected chi connectivity index (χ4v) is 1.41. The molecule has 0 aliphatic heterocycles. The topological polar surface area (TPSA) is 53.4 Å². The van der Waals surface area contributed by atoms with E-state index in [2.05, 4.69) is 4.98 Å². The van der Waals surface area contributed by atoms with Crippen molar-refractivity contribution < 1.29 is 14.4 Å². The van der Waals surface area contributed by atoms with E-state index in [1.807, 2.05) is 0 Å². The van der Waals surface area contributed by atoms with Gasteiger partial charge in [-0.15, -0.1) is 0 Å². The van der Waals surface area contributed by atoms with Gasteiger partial charge < -0.3 is 10.0 Å². The zero-order chi connectivity index (χ0) is 11.5. The van der Waals surface area contributed by atoms with Crippen molar-refractivity contribution in [3.63, 3.8) is 0 Å². The van der Waals surface area contributed by atoms with Gasteiger partial charge in [0.05, 0.1) is 5.69 Å². The molecule has 2 N–H and O–H groups in total. The number of nitrogens with zero attached hydrogens (tertiary/aromatic N) is 1. The third-order valence-electron chi connectivity index (χ3n) is 2.20. The predicted octanol–water partition coefficient (Wildman–Crippen LogP) is 0.567. The summed E-state index contributed by atoms with van der Waals surface area (Å²) in [7, 11) is -1.55. The van der Waals surface area contributed by atoms with Gasteiger partial charge in [0, 0.05) is 11.8 Å². The van der Waals surface area contributed by atoms with E-state index < -0.39 is 7.12 Å². The van der Waals surface area contributed by atoms with Crippen LogP contribution in [-0.4, -0.2) is 22.2 Å². The SMILES string of the molecule is OB(O)c1ccnc(-c2cccc(F)c2)c1. The highest BCUT2D eigenvalue weighted by Crippen LogP contribution is 2.16. The number of halogens is 1. The molecule has 16 heavy (non-hydrogen) atoms. The van der Waals surface area contributed by atoms with Crippen LogP contribution >= 0.6 is 0 Å². The Morgan fingerprint density at radius 1 is 1.12 bits per heavy atom. The van der Waals surface area contributed by atoms with E-state index in [0.717, 1.165) is 0 Å². The molecule has 0 unspecified atom stereocenters. The second-order valence-corrected chi connectivity index (χ2v) is 3.36. The predicted molar refractivity (Wildman–Crippen MR) is 59.5 cm³/mol. The van der Waals surface area contributed by atoms with Crippen molar-refractivity contribution in [1.82, 2.24) is 4.98 Å². The molecule has 0 bridgehead atoms. The Balaban J connectivity index is 2.44. The summed E-state index contributed by atoms with van der Waals surface area (Å²) >= 11 is 0. The molecule has 3 nitrogen and oxygen atoms in total. The van der Waals surface area contributed by atoms with Crippen LogP contribution in [0.25, 0.3) is 11.3 Å². The summed E-state index contributed by atoms with van der Waals surface area (Å²) in [6.45, 7) is 0. The number of hydrogen-bond acceptors (Lipinski definition) is 3. The molecule has 0 spiro atoms. The first-order valence-corrected chi connectivity index (χ1v) is 4.75. The van der Waals surface area contributed by atoms with E-state index in [1.165, 1.54) is 30.5 Å². The molecular formula is C11H9BFNO2. The Kier molecular flexibility index (Phi) is 2.98. The van der Waals surface area contributed by atoms with Crippen LogP contribution < -0.4 is 5.46 Å². The summed E-state index contributed by atoms with van der Waals surface area (Å²) in [4.78, 5) is 4.04. The molecule has 2 aromatic rings. The van der Waals surface area contributed by atoms with Crippen LogP contribution in [0.15, 0.2) is 42.6 Å². The number of rotatable bonds is 2. The highest BCUT2D eigenvalue weighted by atomic mass is 19.1. The van der Waals surface area contributed by atoms with E-state index in [-0.39, 0.29) is 5.82 Å². The molecule has 5 heteroatoms. The molecular weight excluding hydrogens is 208 g/mol. The Bertz CT molecular complexity index is 505. The first kappa shape index (κ1) is 10.8. The van der Waals surface area contributed by atoms with Gasteiger partial charge in [-0.2, -0.15) is 0 Å². The normalized spacial score (nSPS) is 10.2. The molecule has 0 aliphatic carbocycles. The smallest absolute Gasteiger partial charge is 0.423 e. The van der Waals surface area contributed by atoms with Crippen molar-refractivity contribution in [3.8, 4) is 11.3 Å². The summed E-state index contributed by atoms with van der Waals surface area (Å²) in [5.41, 5.74) is 1.43. The van der Waals surface area contributed by atoms with Gasteiger partial charge in [-0.1, -0.05) is 12.1 Å². The largest absolute Gasteiger partial charge is 0.488 e. The minimum absolute atomic E-state index is 0.328. The van der Waals surface area contributed by atoms with Crippen molar-refractivity contribution in [2.45, 2.75) is 0 Å². The molecule has 0 radical (unpaired) electrons. The maximum absolute atomic E-state index is 13.0. The number of hydrogen-bond donors (Lipinski definition) is 2. The average Bonchev–Trinajstić information content (AvgIpc) is 2.29. The third-order valence-corrected chi connectivity index (χ3v) is 2.20. The first-order valence-electron chi connectivity index (χ1n) is 4.75. The van der Waals surface area contributed by atoms with Crippen LogP contribution in [0.2, 0.25) is 0 Å². The molecule has 2 rings (SSSR count). The second-order valence-electron chi connectivity index (χ2n) is 3.36. The summed E-state index contributed by atoms with van der Waals surface area (Å²) in [5.74, 6) is -0.353.